The minimum Gasteiger partial charge on any atom is -0.496 e. The van der Waals surface area contributed by atoms with Crippen molar-refractivity contribution in [2.45, 2.75) is 4.90 Å². The highest BCUT2D eigenvalue weighted by atomic mass is 32.2. The summed E-state index contributed by atoms with van der Waals surface area (Å²) in [5.74, 6) is 0.688. The lowest BCUT2D eigenvalue weighted by molar-refractivity contribution is 0.315. The predicted molar refractivity (Wildman–Crippen MR) is 89.9 cm³/mol. The van der Waals surface area contributed by atoms with Gasteiger partial charge in [0.05, 0.1) is 18.0 Å². The fraction of sp³-hybridized carbons (Fsp3) is 0.133. The molecule has 128 valence electrons. The van der Waals surface area contributed by atoms with Crippen LogP contribution < -0.4 is 9.46 Å². The van der Waals surface area contributed by atoms with E-state index >= 15 is 0 Å². The Bertz CT molecular complexity index is 1200. The first-order valence-electron chi connectivity index (χ1n) is 7.25. The lowest BCUT2D eigenvalue weighted by Crippen LogP contribution is -2.14. The van der Waals surface area contributed by atoms with Crippen molar-refractivity contribution in [1.82, 2.24) is 20.1 Å². The number of methoxy groups -OCH3 is 1. The smallest absolute Gasteiger partial charge is 0.265 e. The largest absolute Gasteiger partial charge is 0.496 e. The zero-order valence-electron chi connectivity index (χ0n) is 13.3. The third-order valence-corrected chi connectivity index (χ3v) is 5.20. The molecule has 2 aromatic carbocycles. The number of aromatic nitrogens is 4. The molecule has 0 aliphatic heterocycles. The molecular weight excluding hydrogens is 346 g/mol. The lowest BCUT2D eigenvalue weighted by atomic mass is 10.2. The molecular formula is C15H13N5O4S. The van der Waals surface area contributed by atoms with Crippen LogP contribution in [0.15, 0.2) is 45.9 Å². The summed E-state index contributed by atoms with van der Waals surface area (Å²) < 4.78 is 39.8. The highest BCUT2D eigenvalue weighted by Crippen LogP contribution is 2.33. The Kier molecular flexibility index (Phi) is 3.35. The third-order valence-electron chi connectivity index (χ3n) is 3.83. The summed E-state index contributed by atoms with van der Waals surface area (Å²) in [4.78, 5) is -0.0417. The van der Waals surface area contributed by atoms with Crippen LogP contribution in [0.1, 0.15) is 0 Å². The van der Waals surface area contributed by atoms with Crippen LogP contribution in [0.2, 0.25) is 0 Å². The Labute approximate surface area is 142 Å². The van der Waals surface area contributed by atoms with E-state index in [2.05, 4.69) is 24.8 Å². The molecule has 0 unspecified atom stereocenters. The first-order valence-corrected chi connectivity index (χ1v) is 8.73. The van der Waals surface area contributed by atoms with Gasteiger partial charge in [0.2, 0.25) is 0 Å². The Morgan fingerprint density at radius 1 is 1.16 bits per heavy atom. The standard InChI is InChI=1S/C15H13N5O4S/c1-20-10-6-4-7-11(23-2)13(10)15(16-20)19-25(21,22)12-8-3-5-9-14(12)18-24-17-9/h3-8H,1-2H3,(H,16,19). The summed E-state index contributed by atoms with van der Waals surface area (Å²) >= 11 is 0. The van der Waals surface area contributed by atoms with Crippen LogP contribution in [0.25, 0.3) is 21.9 Å². The summed E-state index contributed by atoms with van der Waals surface area (Å²) in [5.41, 5.74) is 1.24. The Hall–Kier alpha value is -3.14. The summed E-state index contributed by atoms with van der Waals surface area (Å²) in [6, 6.07) is 9.98. The number of hydrogen-bond acceptors (Lipinski definition) is 7. The van der Waals surface area contributed by atoms with E-state index in [1.54, 1.807) is 29.9 Å². The molecule has 1 N–H and O–H groups in total. The van der Waals surface area contributed by atoms with E-state index in [0.29, 0.717) is 16.7 Å². The minimum absolute atomic E-state index is 0.0417. The van der Waals surface area contributed by atoms with Gasteiger partial charge in [-0.25, -0.2) is 13.0 Å². The van der Waals surface area contributed by atoms with Crippen LogP contribution in [0.3, 0.4) is 0 Å². The van der Waals surface area contributed by atoms with Crippen molar-refractivity contribution in [3.63, 3.8) is 0 Å². The van der Waals surface area contributed by atoms with Crippen LogP contribution in [0.4, 0.5) is 5.82 Å². The number of aryl methyl sites for hydroxylation is 1. The van der Waals surface area contributed by atoms with Gasteiger partial charge in [0, 0.05) is 7.05 Å². The van der Waals surface area contributed by atoms with E-state index in [1.165, 1.54) is 13.2 Å². The van der Waals surface area contributed by atoms with Gasteiger partial charge in [0.15, 0.2) is 11.3 Å². The Morgan fingerprint density at radius 2 is 1.96 bits per heavy atom. The number of fused-ring (bicyclic) bond motifs is 2. The van der Waals surface area contributed by atoms with Crippen molar-refractivity contribution in [2.75, 3.05) is 11.8 Å². The average molecular weight is 359 g/mol. The first-order chi connectivity index (χ1) is 12.0. The molecule has 9 nitrogen and oxygen atoms in total. The van der Waals surface area contributed by atoms with Crippen LogP contribution in [-0.4, -0.2) is 35.6 Å². The number of ether oxygens (including phenoxy) is 1. The van der Waals surface area contributed by atoms with E-state index in [9.17, 15) is 8.42 Å². The molecule has 0 saturated carbocycles. The zero-order valence-corrected chi connectivity index (χ0v) is 14.1. The van der Waals surface area contributed by atoms with Gasteiger partial charge in [-0.15, -0.1) is 0 Å². The molecule has 0 fully saturated rings. The molecule has 0 amide bonds. The second-order valence-corrected chi connectivity index (χ2v) is 6.97. The van der Waals surface area contributed by atoms with E-state index in [1.807, 2.05) is 12.1 Å². The SMILES string of the molecule is COc1cccc2c1c(NS(=O)(=O)c1cccc3nonc13)nn2C. The molecule has 2 aromatic heterocycles. The van der Waals surface area contributed by atoms with Crippen molar-refractivity contribution in [3.8, 4) is 5.75 Å². The van der Waals surface area contributed by atoms with Gasteiger partial charge in [-0.2, -0.15) is 5.10 Å². The molecule has 4 rings (SSSR count). The average Bonchev–Trinajstić information content (AvgIpc) is 3.19. The Balaban J connectivity index is 1.87. The van der Waals surface area contributed by atoms with E-state index < -0.39 is 10.0 Å². The lowest BCUT2D eigenvalue weighted by Gasteiger charge is -2.07. The number of hydrogen-bond donors (Lipinski definition) is 1. The second kappa shape index (κ2) is 5.45. The highest BCUT2D eigenvalue weighted by Gasteiger charge is 2.24. The maximum Gasteiger partial charge on any atom is 0.265 e. The molecule has 2 heterocycles. The maximum atomic E-state index is 12.9. The van der Waals surface area contributed by atoms with Crippen LogP contribution in [0.5, 0.6) is 5.75 Å². The molecule has 10 heteroatoms. The molecule has 0 radical (unpaired) electrons. The van der Waals surface area contributed by atoms with Crippen molar-refractivity contribution in [2.24, 2.45) is 7.05 Å². The maximum absolute atomic E-state index is 12.9. The fourth-order valence-corrected chi connectivity index (χ4v) is 3.86. The molecule has 25 heavy (non-hydrogen) atoms. The zero-order chi connectivity index (χ0) is 17.6. The molecule has 0 spiro atoms. The van der Waals surface area contributed by atoms with E-state index in [0.717, 1.165) is 5.52 Å². The summed E-state index contributed by atoms with van der Waals surface area (Å²) in [6.07, 6.45) is 0. The molecule has 4 aromatic rings. The summed E-state index contributed by atoms with van der Waals surface area (Å²) in [5, 5.41) is 12.2. The van der Waals surface area contributed by atoms with Gasteiger partial charge >= 0.3 is 0 Å². The van der Waals surface area contributed by atoms with Crippen molar-refractivity contribution >= 4 is 37.8 Å². The number of anilines is 1. The number of benzene rings is 2. The van der Waals surface area contributed by atoms with E-state index in [-0.39, 0.29) is 16.2 Å². The van der Waals surface area contributed by atoms with Gasteiger partial charge in [-0.1, -0.05) is 12.1 Å². The van der Waals surface area contributed by atoms with Gasteiger partial charge in [-0.3, -0.25) is 9.40 Å². The monoisotopic (exact) mass is 359 g/mol. The molecule has 0 atom stereocenters. The van der Waals surface area contributed by atoms with Crippen LogP contribution in [-0.2, 0) is 17.1 Å². The van der Waals surface area contributed by atoms with Crippen molar-refractivity contribution in [1.29, 1.82) is 0 Å². The number of nitrogens with zero attached hydrogens (tertiary/aromatic N) is 4. The first kappa shape index (κ1) is 15.4. The van der Waals surface area contributed by atoms with Gasteiger partial charge in [0.25, 0.3) is 10.0 Å². The number of rotatable bonds is 4. The normalized spacial score (nSPS) is 11.9. The van der Waals surface area contributed by atoms with Crippen LogP contribution in [0, 0.1) is 0 Å². The third kappa shape index (κ3) is 2.38. The number of sulfonamides is 1. The fourth-order valence-electron chi connectivity index (χ4n) is 2.70. The molecule has 0 aliphatic carbocycles. The van der Waals surface area contributed by atoms with Gasteiger partial charge < -0.3 is 4.74 Å². The van der Waals surface area contributed by atoms with Gasteiger partial charge in [0.1, 0.15) is 16.2 Å². The second-order valence-electron chi connectivity index (χ2n) is 5.32. The molecule has 0 saturated heterocycles. The minimum atomic E-state index is -3.96. The van der Waals surface area contributed by atoms with E-state index in [4.69, 9.17) is 4.74 Å². The van der Waals surface area contributed by atoms with Crippen LogP contribution >= 0.6 is 0 Å². The highest BCUT2D eigenvalue weighted by molar-refractivity contribution is 7.93. The summed E-state index contributed by atoms with van der Waals surface area (Å²) in [7, 11) is -0.717. The summed E-state index contributed by atoms with van der Waals surface area (Å²) in [6.45, 7) is 0. The Morgan fingerprint density at radius 3 is 2.76 bits per heavy atom. The van der Waals surface area contributed by atoms with Crippen molar-refractivity contribution in [3.05, 3.63) is 36.4 Å². The molecule has 0 bridgehead atoms. The van der Waals surface area contributed by atoms with Gasteiger partial charge in [-0.05, 0) is 34.6 Å². The molecule has 0 aliphatic rings. The topological polar surface area (TPSA) is 112 Å². The predicted octanol–water partition coefficient (Wildman–Crippen LogP) is 1.92. The quantitative estimate of drug-likeness (QED) is 0.592. The van der Waals surface area contributed by atoms with Crippen molar-refractivity contribution < 1.29 is 17.8 Å². The number of nitrogens with one attached hydrogen (secondary N) is 1.